The summed E-state index contributed by atoms with van der Waals surface area (Å²) in [5, 5.41) is 8.91. The number of aromatic nitrogens is 2. The van der Waals surface area contributed by atoms with Crippen LogP contribution in [-0.2, 0) is 13.1 Å². The molecule has 4 heteroatoms. The third-order valence-corrected chi connectivity index (χ3v) is 3.40. The maximum Gasteiger partial charge on any atom is 0.134 e. The molecule has 0 fully saturated rings. The van der Waals surface area contributed by atoms with Crippen molar-refractivity contribution in [2.45, 2.75) is 26.9 Å². The minimum absolute atomic E-state index is 0.670. The van der Waals surface area contributed by atoms with E-state index in [0.29, 0.717) is 6.54 Å². The first-order chi connectivity index (χ1) is 9.78. The maximum atomic E-state index is 6.01. The Bertz CT molecular complexity index is 711. The Morgan fingerprint density at radius 3 is 2.90 bits per heavy atom. The molecule has 2 heterocycles. The Balaban J connectivity index is 1.99. The highest BCUT2D eigenvalue weighted by atomic mass is 16.3. The Morgan fingerprint density at radius 2 is 2.15 bits per heavy atom. The van der Waals surface area contributed by atoms with Gasteiger partial charge in [0.2, 0.25) is 0 Å². The third-order valence-electron chi connectivity index (χ3n) is 3.40. The number of nitrogens with zero attached hydrogens (tertiary/aromatic N) is 2. The highest BCUT2D eigenvalue weighted by Gasteiger charge is 2.14. The van der Waals surface area contributed by atoms with Crippen LogP contribution in [0.15, 0.2) is 41.1 Å². The second kappa shape index (κ2) is 5.51. The van der Waals surface area contributed by atoms with Crippen LogP contribution in [0.4, 0.5) is 0 Å². The lowest BCUT2D eigenvalue weighted by atomic mass is 10.1. The smallest absolute Gasteiger partial charge is 0.134 e. The lowest BCUT2D eigenvalue weighted by Gasteiger charge is -2.04. The van der Waals surface area contributed by atoms with Crippen molar-refractivity contribution in [1.29, 1.82) is 0 Å². The molecule has 0 amide bonds. The molecule has 20 heavy (non-hydrogen) atoms. The molecule has 0 saturated carbocycles. The predicted molar refractivity (Wildman–Crippen MR) is 79.7 cm³/mol. The van der Waals surface area contributed by atoms with Crippen molar-refractivity contribution in [3.8, 4) is 0 Å². The second-order valence-electron chi connectivity index (χ2n) is 5.00. The number of nitrogens with one attached hydrogen (secondary N) is 1. The molecule has 0 aliphatic heterocycles. The van der Waals surface area contributed by atoms with Gasteiger partial charge in [-0.15, -0.1) is 0 Å². The van der Waals surface area contributed by atoms with E-state index in [1.807, 2.05) is 36.1 Å². The maximum absolute atomic E-state index is 6.01. The summed E-state index contributed by atoms with van der Waals surface area (Å²) in [6.07, 6.45) is 3.90. The summed E-state index contributed by atoms with van der Waals surface area (Å²) in [6.45, 7) is 6.59. The van der Waals surface area contributed by atoms with Crippen molar-refractivity contribution < 1.29 is 4.42 Å². The molecule has 4 nitrogen and oxygen atoms in total. The van der Waals surface area contributed by atoms with E-state index in [-0.39, 0.29) is 0 Å². The van der Waals surface area contributed by atoms with Gasteiger partial charge in [-0.25, -0.2) is 0 Å². The fraction of sp³-hybridized carbons (Fsp3) is 0.312. The van der Waals surface area contributed by atoms with Crippen LogP contribution in [0.1, 0.15) is 23.8 Å². The number of benzene rings is 1. The minimum Gasteiger partial charge on any atom is -0.459 e. The summed E-state index contributed by atoms with van der Waals surface area (Å²) >= 11 is 0. The fourth-order valence-corrected chi connectivity index (χ4v) is 2.42. The molecule has 1 N–H and O–H groups in total. The van der Waals surface area contributed by atoms with Crippen LogP contribution in [0.3, 0.4) is 0 Å². The van der Waals surface area contributed by atoms with Crippen LogP contribution in [0, 0.1) is 6.92 Å². The van der Waals surface area contributed by atoms with E-state index in [2.05, 4.69) is 29.5 Å². The number of fused-ring (bicyclic) bond motifs is 1. The van der Waals surface area contributed by atoms with Gasteiger partial charge in [0.1, 0.15) is 11.3 Å². The topological polar surface area (TPSA) is 43.0 Å². The lowest BCUT2D eigenvalue weighted by Crippen LogP contribution is -2.13. The summed E-state index contributed by atoms with van der Waals surface area (Å²) < 4.78 is 7.93. The van der Waals surface area contributed by atoms with Crippen LogP contribution >= 0.6 is 0 Å². The molecule has 0 bridgehead atoms. The average Bonchev–Trinajstić information content (AvgIpc) is 3.00. The van der Waals surface area contributed by atoms with Gasteiger partial charge in [-0.2, -0.15) is 5.10 Å². The number of aryl methyl sites for hydroxylation is 1. The summed E-state index contributed by atoms with van der Waals surface area (Å²) in [7, 11) is 0. The lowest BCUT2D eigenvalue weighted by molar-refractivity contribution is 0.500. The number of rotatable bonds is 5. The van der Waals surface area contributed by atoms with E-state index in [1.165, 1.54) is 10.9 Å². The Hall–Kier alpha value is -2.07. The van der Waals surface area contributed by atoms with Gasteiger partial charge >= 0.3 is 0 Å². The van der Waals surface area contributed by atoms with E-state index in [1.54, 1.807) is 0 Å². The number of para-hydroxylation sites is 1. The molecule has 0 aliphatic rings. The monoisotopic (exact) mass is 269 g/mol. The van der Waals surface area contributed by atoms with E-state index in [9.17, 15) is 0 Å². The van der Waals surface area contributed by atoms with Crippen molar-refractivity contribution in [3.63, 3.8) is 0 Å². The first-order valence-corrected chi connectivity index (χ1v) is 6.97. The molecule has 0 spiro atoms. The highest BCUT2D eigenvalue weighted by molar-refractivity contribution is 5.82. The van der Waals surface area contributed by atoms with Crippen LogP contribution in [-0.4, -0.2) is 16.3 Å². The number of hydrogen-bond donors (Lipinski definition) is 1. The van der Waals surface area contributed by atoms with Gasteiger partial charge in [-0.1, -0.05) is 25.1 Å². The zero-order valence-electron chi connectivity index (χ0n) is 11.9. The summed E-state index contributed by atoms with van der Waals surface area (Å²) in [5.41, 5.74) is 3.34. The molecule has 0 saturated heterocycles. The highest BCUT2D eigenvalue weighted by Crippen LogP contribution is 2.26. The van der Waals surface area contributed by atoms with Crippen LogP contribution in [0.2, 0.25) is 0 Å². The predicted octanol–water partition coefficient (Wildman–Crippen LogP) is 3.10. The number of furan rings is 1. The molecule has 0 unspecified atom stereocenters. The van der Waals surface area contributed by atoms with Gasteiger partial charge < -0.3 is 9.73 Å². The molecule has 104 valence electrons. The zero-order chi connectivity index (χ0) is 13.9. The Kier molecular flexibility index (Phi) is 3.56. The molecular formula is C16H19N3O. The summed E-state index contributed by atoms with van der Waals surface area (Å²) in [6, 6.07) is 8.19. The fourth-order valence-electron chi connectivity index (χ4n) is 2.42. The first kappa shape index (κ1) is 12.9. The van der Waals surface area contributed by atoms with Gasteiger partial charge in [-0.05, 0) is 25.1 Å². The van der Waals surface area contributed by atoms with Crippen LogP contribution in [0.5, 0.6) is 0 Å². The summed E-state index contributed by atoms with van der Waals surface area (Å²) in [4.78, 5) is 0. The standard InChI is InChI=1S/C16H19N3O/c1-3-17-9-14-13-6-4-5-7-15(13)20-16(14)11-19-10-12(2)8-18-19/h4-8,10,17H,3,9,11H2,1-2H3. The Morgan fingerprint density at radius 1 is 1.30 bits per heavy atom. The Labute approximate surface area is 118 Å². The van der Waals surface area contributed by atoms with Gasteiger partial charge in [0.25, 0.3) is 0 Å². The van der Waals surface area contributed by atoms with Gasteiger partial charge in [0.15, 0.2) is 0 Å². The molecule has 0 atom stereocenters. The molecule has 0 radical (unpaired) electrons. The molecule has 2 aromatic heterocycles. The van der Waals surface area contributed by atoms with Gasteiger partial charge in [0.05, 0.1) is 12.7 Å². The SMILES string of the molecule is CCNCc1c(Cn2cc(C)cn2)oc2ccccc12. The van der Waals surface area contributed by atoms with Crippen LogP contribution in [0.25, 0.3) is 11.0 Å². The zero-order valence-corrected chi connectivity index (χ0v) is 11.9. The minimum atomic E-state index is 0.670. The van der Waals surface area contributed by atoms with Gasteiger partial charge in [-0.3, -0.25) is 4.68 Å². The van der Waals surface area contributed by atoms with Gasteiger partial charge in [0, 0.05) is 23.7 Å². The van der Waals surface area contributed by atoms with E-state index < -0.39 is 0 Å². The van der Waals surface area contributed by atoms with Crippen molar-refractivity contribution in [2.24, 2.45) is 0 Å². The first-order valence-electron chi connectivity index (χ1n) is 6.97. The van der Waals surface area contributed by atoms with Crippen molar-refractivity contribution >= 4 is 11.0 Å². The van der Waals surface area contributed by atoms with Crippen molar-refractivity contribution in [3.05, 3.63) is 53.5 Å². The van der Waals surface area contributed by atoms with Crippen LogP contribution < -0.4 is 5.32 Å². The quantitative estimate of drug-likeness (QED) is 0.774. The number of hydrogen-bond acceptors (Lipinski definition) is 3. The molecular weight excluding hydrogens is 250 g/mol. The third kappa shape index (κ3) is 2.47. The van der Waals surface area contributed by atoms with E-state index >= 15 is 0 Å². The van der Waals surface area contributed by atoms with Crippen molar-refractivity contribution in [2.75, 3.05) is 6.54 Å². The molecule has 3 aromatic rings. The largest absolute Gasteiger partial charge is 0.459 e. The molecule has 1 aromatic carbocycles. The second-order valence-corrected chi connectivity index (χ2v) is 5.00. The molecule has 0 aliphatic carbocycles. The summed E-state index contributed by atoms with van der Waals surface area (Å²) in [5.74, 6) is 0.982. The van der Waals surface area contributed by atoms with E-state index in [4.69, 9.17) is 4.42 Å². The average molecular weight is 269 g/mol. The normalized spacial score (nSPS) is 11.3. The molecule has 3 rings (SSSR count). The van der Waals surface area contributed by atoms with Crippen molar-refractivity contribution in [1.82, 2.24) is 15.1 Å². The van der Waals surface area contributed by atoms with E-state index in [0.717, 1.165) is 30.0 Å².